The summed E-state index contributed by atoms with van der Waals surface area (Å²) in [7, 11) is 0. The number of Topliss-reactive ketones (excluding diaryl/α,β-unsaturated/α-hetero) is 1. The Morgan fingerprint density at radius 3 is 2.93 bits per heavy atom. The molecule has 2 nitrogen and oxygen atoms in total. The Kier molecular flexibility index (Phi) is 4.93. The van der Waals surface area contributed by atoms with Gasteiger partial charge in [0.05, 0.1) is 0 Å². The van der Waals surface area contributed by atoms with Gasteiger partial charge in [-0.2, -0.15) is 0 Å². The van der Waals surface area contributed by atoms with Gasteiger partial charge in [-0.05, 0) is 0 Å². The summed E-state index contributed by atoms with van der Waals surface area (Å²) in [4.78, 5) is 13.8. The molecule has 0 aliphatic rings. The number of ketones is 1. The Balaban J connectivity index is 0.00000112. The molecule has 2 heterocycles. The minimum Gasteiger partial charge on any atom is -1.00 e. The Morgan fingerprint density at radius 1 is 1.60 bits per heavy atom. The quantitative estimate of drug-likeness (QED) is 0.367. The van der Waals surface area contributed by atoms with Crippen molar-refractivity contribution in [2.45, 2.75) is 13.5 Å². The Morgan fingerprint density at radius 2 is 2.40 bits per heavy atom. The van der Waals surface area contributed by atoms with Crippen LogP contribution in [0.1, 0.15) is 14.9 Å². The minimum absolute atomic E-state index is 0. The maximum absolute atomic E-state index is 11.8. The molecule has 0 amide bonds. The number of hydrogen-bond acceptors (Lipinski definition) is 2. The molecule has 0 spiro atoms. The Labute approximate surface area is 109 Å². The molecule has 0 atom stereocenters. The number of hydrogen-bond donors (Lipinski definition) is 0. The van der Waals surface area contributed by atoms with Gasteiger partial charge < -0.3 is 17.0 Å². The van der Waals surface area contributed by atoms with Crippen LogP contribution in [0.4, 0.5) is 0 Å². The second kappa shape index (κ2) is 5.75. The molecular weight excluding hydrogens is 341 g/mol. The summed E-state index contributed by atoms with van der Waals surface area (Å²) in [5, 5.41) is 2.06. The Bertz CT molecular complexity index is 438. The van der Waals surface area contributed by atoms with Gasteiger partial charge in [0.1, 0.15) is 0 Å². The number of halogens is 1. The van der Waals surface area contributed by atoms with Crippen molar-refractivity contribution in [3.8, 4) is 0 Å². The molecule has 0 aliphatic heterocycles. The fourth-order valence-electron chi connectivity index (χ4n) is 1.19. The monoisotopic (exact) mass is 351 g/mol. The minimum atomic E-state index is 0. The smallest absolute Gasteiger partial charge is 1.00 e. The van der Waals surface area contributed by atoms with Crippen molar-refractivity contribution in [3.63, 3.8) is 0 Å². The van der Waals surface area contributed by atoms with Crippen LogP contribution < -0.4 is 21.5 Å². The van der Waals surface area contributed by atoms with Crippen LogP contribution in [-0.2, 0) is 6.54 Å². The molecule has 15 heavy (non-hydrogen) atoms. The topological polar surface area (TPSA) is 20.9 Å². The summed E-state index contributed by atoms with van der Waals surface area (Å²) in [5.41, 5.74) is 3.14. The van der Waals surface area contributed by atoms with E-state index in [1.165, 1.54) is 0 Å². The van der Waals surface area contributed by atoms with Gasteiger partial charge in [-0.1, -0.05) is 0 Å². The summed E-state index contributed by atoms with van der Waals surface area (Å²) in [6.45, 7) is 2.51. The van der Waals surface area contributed by atoms with Gasteiger partial charge in [0.15, 0.2) is 0 Å². The van der Waals surface area contributed by atoms with Gasteiger partial charge in [0.25, 0.3) is 0 Å². The molecule has 0 aliphatic carbocycles. The SMILES string of the molecule is Cc1csc[n+]1CC(=O)c1ccc[se]1.[Br-]. The van der Waals surface area contributed by atoms with Gasteiger partial charge >= 0.3 is 92.5 Å². The van der Waals surface area contributed by atoms with Crippen LogP contribution in [0, 0.1) is 6.92 Å². The van der Waals surface area contributed by atoms with Gasteiger partial charge in [0, 0.05) is 0 Å². The van der Waals surface area contributed by atoms with Gasteiger partial charge in [-0.3, -0.25) is 0 Å². The van der Waals surface area contributed by atoms with Crippen molar-refractivity contribution in [1.29, 1.82) is 0 Å². The van der Waals surface area contributed by atoms with E-state index in [2.05, 4.69) is 10.3 Å². The van der Waals surface area contributed by atoms with Gasteiger partial charge in [0.2, 0.25) is 0 Å². The van der Waals surface area contributed by atoms with Crippen molar-refractivity contribution in [2.24, 2.45) is 0 Å². The fraction of sp³-hybridized carbons (Fsp3) is 0.200. The van der Waals surface area contributed by atoms with Crippen LogP contribution in [0.2, 0.25) is 0 Å². The van der Waals surface area contributed by atoms with Crippen molar-refractivity contribution >= 4 is 31.6 Å². The first-order valence-corrected chi connectivity index (χ1v) is 7.05. The standard InChI is InChI=1S/C10H10NOSSe.BrH/c1-8-6-13-7-11(8)5-9(12)10-3-2-4-14-10;/h2-4,6-7H,5H2,1H3;1H/q+1;/p-1. The second-order valence-corrected chi connectivity index (χ2v) is 5.74. The molecule has 0 saturated heterocycles. The third-order valence-electron chi connectivity index (χ3n) is 1.99. The largest absolute Gasteiger partial charge is 1.00 e. The normalized spacial score (nSPS) is 9.67. The van der Waals surface area contributed by atoms with Crippen LogP contribution in [-0.4, -0.2) is 20.3 Å². The van der Waals surface area contributed by atoms with E-state index < -0.39 is 0 Å². The van der Waals surface area contributed by atoms with Crippen LogP contribution in [0.15, 0.2) is 28.0 Å². The van der Waals surface area contributed by atoms with E-state index >= 15 is 0 Å². The first-order valence-electron chi connectivity index (χ1n) is 4.26. The maximum Gasteiger partial charge on any atom is -1.00 e. The second-order valence-electron chi connectivity index (χ2n) is 3.03. The third kappa shape index (κ3) is 3.11. The van der Waals surface area contributed by atoms with Crippen molar-refractivity contribution < 1.29 is 26.3 Å². The molecule has 0 unspecified atom stereocenters. The van der Waals surface area contributed by atoms with Crippen molar-refractivity contribution in [1.82, 2.24) is 0 Å². The maximum atomic E-state index is 11.8. The van der Waals surface area contributed by atoms with E-state index in [1.807, 2.05) is 29.1 Å². The van der Waals surface area contributed by atoms with Crippen molar-refractivity contribution in [3.05, 3.63) is 38.1 Å². The number of thiazole rings is 1. The summed E-state index contributed by atoms with van der Waals surface area (Å²) in [5.74, 6) is 0.251. The summed E-state index contributed by atoms with van der Waals surface area (Å²) < 4.78 is 2.98. The molecule has 2 aromatic rings. The Hall–Kier alpha value is -0.221. The summed E-state index contributed by atoms with van der Waals surface area (Å²) in [6, 6.07) is 3.91. The van der Waals surface area contributed by atoms with Crippen LogP contribution in [0.3, 0.4) is 0 Å². The van der Waals surface area contributed by atoms with Crippen LogP contribution >= 0.6 is 11.3 Å². The summed E-state index contributed by atoms with van der Waals surface area (Å²) in [6.07, 6.45) is 0. The predicted molar refractivity (Wildman–Crippen MR) is 57.0 cm³/mol. The van der Waals surface area contributed by atoms with E-state index in [0.717, 1.165) is 10.1 Å². The number of aryl methyl sites for hydroxylation is 1. The zero-order valence-electron chi connectivity index (χ0n) is 8.14. The van der Waals surface area contributed by atoms with Crippen LogP contribution in [0.25, 0.3) is 0 Å². The molecule has 2 rings (SSSR count). The number of nitrogens with zero attached hydrogens (tertiary/aromatic N) is 1. The van der Waals surface area contributed by atoms with E-state index in [1.54, 1.807) is 11.3 Å². The number of rotatable bonds is 3. The van der Waals surface area contributed by atoms with E-state index in [4.69, 9.17) is 0 Å². The molecule has 0 radical (unpaired) electrons. The zero-order valence-corrected chi connectivity index (χ0v) is 12.3. The molecule has 5 heteroatoms. The molecule has 80 valence electrons. The van der Waals surface area contributed by atoms with E-state index in [9.17, 15) is 4.79 Å². The first-order chi connectivity index (χ1) is 6.77. The molecule has 0 bridgehead atoms. The fourth-order valence-corrected chi connectivity index (χ4v) is 3.34. The van der Waals surface area contributed by atoms with E-state index in [-0.39, 0.29) is 37.3 Å². The predicted octanol–water partition coefficient (Wildman–Crippen LogP) is -1.71. The first kappa shape index (κ1) is 12.8. The molecule has 0 saturated carbocycles. The van der Waals surface area contributed by atoms with Crippen molar-refractivity contribution in [2.75, 3.05) is 0 Å². The third-order valence-corrected chi connectivity index (χ3v) is 4.75. The average Bonchev–Trinajstić information content (AvgIpc) is 2.77. The number of aromatic nitrogens is 1. The van der Waals surface area contributed by atoms with E-state index in [0.29, 0.717) is 6.54 Å². The van der Waals surface area contributed by atoms with Gasteiger partial charge in [-0.25, -0.2) is 0 Å². The average molecular weight is 351 g/mol. The zero-order chi connectivity index (χ0) is 9.97. The summed E-state index contributed by atoms with van der Waals surface area (Å²) >= 11 is 1.90. The van der Waals surface area contributed by atoms with Gasteiger partial charge in [-0.15, -0.1) is 0 Å². The molecule has 2 aromatic heterocycles. The number of carbonyl (C=O) groups excluding carboxylic acids is 1. The molecule has 0 N–H and O–H groups in total. The molecular formula is C10H10BrNOSSe. The van der Waals surface area contributed by atoms with Crippen LogP contribution in [0.5, 0.6) is 0 Å². The molecule has 0 aromatic carbocycles. The molecule has 0 fully saturated rings. The number of carbonyl (C=O) groups is 1.